The Kier molecular flexibility index (Phi) is 9.40. The van der Waals surface area contributed by atoms with Gasteiger partial charge in [-0.2, -0.15) is 0 Å². The average Bonchev–Trinajstić information content (AvgIpc) is 3.25. The maximum absolute atomic E-state index is 13.9. The van der Waals surface area contributed by atoms with Gasteiger partial charge < -0.3 is 25.6 Å². The Morgan fingerprint density at radius 2 is 1.97 bits per heavy atom. The first-order valence-electron chi connectivity index (χ1n) is 11.3. The van der Waals surface area contributed by atoms with E-state index in [9.17, 15) is 23.2 Å². The van der Waals surface area contributed by atoms with Gasteiger partial charge in [-0.05, 0) is 35.7 Å². The van der Waals surface area contributed by atoms with E-state index >= 15 is 0 Å². The summed E-state index contributed by atoms with van der Waals surface area (Å²) in [5.41, 5.74) is -0.351. The number of carbonyl (C=O) groups excluding carboxylic acids is 3. The van der Waals surface area contributed by atoms with Crippen molar-refractivity contribution in [2.45, 2.75) is 33.2 Å². The minimum absolute atomic E-state index is 0.0688. The fraction of sp³-hybridized carbons (Fsp3) is 0.458. The van der Waals surface area contributed by atoms with Crippen molar-refractivity contribution in [1.82, 2.24) is 10.6 Å². The second kappa shape index (κ2) is 12.1. The van der Waals surface area contributed by atoms with Gasteiger partial charge in [0.15, 0.2) is 0 Å². The molecule has 0 aliphatic carbocycles. The predicted octanol–water partition coefficient (Wildman–Crippen LogP) is 4.08. The van der Waals surface area contributed by atoms with E-state index in [1.807, 2.05) is 20.8 Å². The van der Waals surface area contributed by atoms with Crippen molar-refractivity contribution in [3.63, 3.8) is 0 Å². The number of amides is 3. The zero-order valence-corrected chi connectivity index (χ0v) is 21.8. The van der Waals surface area contributed by atoms with Crippen molar-refractivity contribution in [2.24, 2.45) is 5.41 Å². The van der Waals surface area contributed by atoms with Crippen LogP contribution in [-0.2, 0) is 14.3 Å². The molecule has 2 heterocycles. The minimum Gasteiger partial charge on any atom is -0.370 e. The molecular weight excluding hydrogens is 514 g/mol. The smallest absolute Gasteiger partial charge is 0.265 e. The number of nitrogens with one attached hydrogen (secondary N) is 3. The van der Waals surface area contributed by atoms with Crippen molar-refractivity contribution < 1.29 is 27.9 Å². The van der Waals surface area contributed by atoms with Gasteiger partial charge in [0, 0.05) is 36.6 Å². The molecule has 1 aromatic carbocycles. The molecule has 1 aromatic heterocycles. The van der Waals surface area contributed by atoms with E-state index in [0.29, 0.717) is 28.1 Å². The monoisotopic (exact) mass is 542 g/mol. The van der Waals surface area contributed by atoms with E-state index in [1.165, 1.54) is 23.1 Å². The van der Waals surface area contributed by atoms with Gasteiger partial charge in [0.2, 0.25) is 5.91 Å². The number of ether oxygens (including phenoxy) is 1. The van der Waals surface area contributed by atoms with Crippen LogP contribution in [-0.4, -0.2) is 56.6 Å². The Balaban J connectivity index is 1.76. The highest BCUT2D eigenvalue weighted by Crippen LogP contribution is 2.32. The van der Waals surface area contributed by atoms with E-state index in [4.69, 9.17) is 16.3 Å². The molecule has 1 atom stereocenters. The number of alkyl halides is 2. The van der Waals surface area contributed by atoms with Crippen LogP contribution in [0.5, 0.6) is 0 Å². The third-order valence-electron chi connectivity index (χ3n) is 5.28. The fourth-order valence-corrected chi connectivity index (χ4v) is 4.39. The number of hydrogen-bond donors (Lipinski definition) is 3. The van der Waals surface area contributed by atoms with Crippen molar-refractivity contribution in [2.75, 3.05) is 43.1 Å². The second-order valence-electron chi connectivity index (χ2n) is 9.47. The molecule has 0 radical (unpaired) electrons. The van der Waals surface area contributed by atoms with Crippen molar-refractivity contribution in [3.05, 3.63) is 45.1 Å². The van der Waals surface area contributed by atoms with Crippen LogP contribution in [0, 0.1) is 5.41 Å². The largest absolute Gasteiger partial charge is 0.370 e. The van der Waals surface area contributed by atoms with Gasteiger partial charge in [0.05, 0.1) is 15.8 Å². The number of carbonyl (C=O) groups is 3. The lowest BCUT2D eigenvalue weighted by Gasteiger charge is -2.28. The summed E-state index contributed by atoms with van der Waals surface area (Å²) in [5, 5.41) is 8.36. The number of thiophene rings is 1. The summed E-state index contributed by atoms with van der Waals surface area (Å²) in [7, 11) is 0. The van der Waals surface area contributed by atoms with Crippen LogP contribution in [0.4, 0.5) is 20.2 Å². The van der Waals surface area contributed by atoms with Gasteiger partial charge in [0.25, 0.3) is 18.2 Å². The first kappa shape index (κ1) is 28.0. The molecule has 0 bridgehead atoms. The van der Waals surface area contributed by atoms with Crippen LogP contribution in [0.15, 0.2) is 30.3 Å². The second-order valence-corrected chi connectivity index (χ2v) is 11.2. The number of benzene rings is 1. The topological polar surface area (TPSA) is 99.8 Å². The highest BCUT2D eigenvalue weighted by molar-refractivity contribution is 7.18. The maximum atomic E-state index is 13.9. The number of nitrogens with zero attached hydrogens (tertiary/aromatic N) is 1. The lowest BCUT2D eigenvalue weighted by molar-refractivity contribution is -0.125. The Hall–Kier alpha value is -2.60. The summed E-state index contributed by atoms with van der Waals surface area (Å²) in [6.45, 7) is 6.73. The number of halogens is 3. The van der Waals surface area contributed by atoms with Gasteiger partial charge in [-0.3, -0.25) is 14.4 Å². The fourth-order valence-electron chi connectivity index (χ4n) is 3.43. The van der Waals surface area contributed by atoms with Gasteiger partial charge >= 0.3 is 0 Å². The third-order valence-corrected chi connectivity index (χ3v) is 6.51. The highest BCUT2D eigenvalue weighted by Gasteiger charge is 2.26. The summed E-state index contributed by atoms with van der Waals surface area (Å²) >= 11 is 7.00. The quantitative estimate of drug-likeness (QED) is 0.443. The zero-order valence-electron chi connectivity index (χ0n) is 20.2. The first-order valence-corrected chi connectivity index (χ1v) is 12.5. The summed E-state index contributed by atoms with van der Waals surface area (Å²) in [5.74, 6) is -1.30. The zero-order chi connectivity index (χ0) is 26.5. The molecule has 0 unspecified atom stereocenters. The molecule has 36 heavy (non-hydrogen) atoms. The van der Waals surface area contributed by atoms with E-state index in [1.54, 1.807) is 12.1 Å². The van der Waals surface area contributed by atoms with Crippen LogP contribution in [0.1, 0.15) is 42.4 Å². The maximum Gasteiger partial charge on any atom is 0.265 e. The Labute approximate surface area is 217 Å². The molecule has 2 aromatic rings. The molecule has 3 rings (SSSR count). The van der Waals surface area contributed by atoms with Gasteiger partial charge in [0.1, 0.15) is 12.6 Å². The predicted molar refractivity (Wildman–Crippen MR) is 136 cm³/mol. The molecule has 12 heteroatoms. The molecule has 196 valence electrons. The lowest BCUT2D eigenvalue weighted by atomic mass is 9.96. The van der Waals surface area contributed by atoms with E-state index in [2.05, 4.69) is 16.0 Å². The molecule has 1 saturated heterocycles. The Morgan fingerprint density at radius 1 is 1.22 bits per heavy atom. The van der Waals surface area contributed by atoms with Gasteiger partial charge in [-0.1, -0.05) is 32.4 Å². The van der Waals surface area contributed by atoms with Crippen LogP contribution in [0.25, 0.3) is 0 Å². The summed E-state index contributed by atoms with van der Waals surface area (Å²) in [4.78, 5) is 39.4. The van der Waals surface area contributed by atoms with Crippen LogP contribution in [0.2, 0.25) is 4.34 Å². The standard InChI is InChI=1S/C24H29ClF2N4O4S/c1-24(2,3)13-29-17(11-28-23(34)18-6-7-19(25)36-18)22(33)30-16-5-4-14(10-15(16)21(26)27)31-8-9-35-12-20(31)32/h4-7,10,17,21,29H,8-9,11-13H2,1-3H3,(H,28,34)(H,30,33)/t17-/m1/s1. The van der Waals surface area contributed by atoms with E-state index < -0.39 is 29.8 Å². The number of hydrogen-bond acceptors (Lipinski definition) is 6. The minimum atomic E-state index is -2.89. The third kappa shape index (κ3) is 7.70. The van der Waals surface area contributed by atoms with Crippen molar-refractivity contribution in [1.29, 1.82) is 0 Å². The molecular formula is C24H29ClF2N4O4S. The number of rotatable bonds is 9. The molecule has 3 N–H and O–H groups in total. The molecule has 1 aliphatic rings. The first-order chi connectivity index (χ1) is 16.9. The number of morpholine rings is 1. The Bertz CT molecular complexity index is 1110. The summed E-state index contributed by atoms with van der Waals surface area (Å²) in [6, 6.07) is 6.34. The van der Waals surface area contributed by atoms with Gasteiger partial charge in [-0.25, -0.2) is 8.78 Å². The van der Waals surface area contributed by atoms with Crippen LogP contribution >= 0.6 is 22.9 Å². The summed E-state index contributed by atoms with van der Waals surface area (Å²) in [6.07, 6.45) is -2.89. The molecule has 8 nitrogen and oxygen atoms in total. The normalized spacial score (nSPS) is 15.2. The van der Waals surface area contributed by atoms with Crippen LogP contribution in [0.3, 0.4) is 0 Å². The molecule has 3 amide bonds. The van der Waals surface area contributed by atoms with Gasteiger partial charge in [-0.15, -0.1) is 11.3 Å². The SMILES string of the molecule is CC(C)(C)CN[C@H](CNC(=O)c1ccc(Cl)s1)C(=O)Nc1ccc(N2CCOCC2=O)cc1C(F)F. The lowest BCUT2D eigenvalue weighted by Crippen LogP contribution is -2.50. The van der Waals surface area contributed by atoms with E-state index in [-0.39, 0.29) is 36.7 Å². The summed E-state index contributed by atoms with van der Waals surface area (Å²) < 4.78 is 33.4. The molecule has 0 spiro atoms. The number of anilines is 2. The van der Waals surface area contributed by atoms with Crippen LogP contribution < -0.4 is 20.9 Å². The van der Waals surface area contributed by atoms with Crippen molar-refractivity contribution in [3.8, 4) is 0 Å². The highest BCUT2D eigenvalue weighted by atomic mass is 35.5. The van der Waals surface area contributed by atoms with Crippen molar-refractivity contribution >= 4 is 52.0 Å². The average molecular weight is 543 g/mol. The molecule has 1 fully saturated rings. The van der Waals surface area contributed by atoms with E-state index in [0.717, 1.165) is 11.3 Å². The Morgan fingerprint density at radius 3 is 2.58 bits per heavy atom. The molecule has 0 saturated carbocycles. The molecule has 1 aliphatic heterocycles.